The monoisotopic (exact) mass is 305 g/mol. The van der Waals surface area contributed by atoms with E-state index in [1.807, 2.05) is 26.0 Å². The molecule has 0 atom stereocenters. The van der Waals surface area contributed by atoms with Crippen molar-refractivity contribution in [2.75, 3.05) is 4.72 Å². The summed E-state index contributed by atoms with van der Waals surface area (Å²) in [5, 5.41) is 0. The number of nitrogens with two attached hydrogens (primary N) is 1. The Balaban J connectivity index is 2.33. The summed E-state index contributed by atoms with van der Waals surface area (Å²) in [6, 6.07) is 10.5. The molecule has 2 rings (SSSR count). The van der Waals surface area contributed by atoms with Crippen LogP contribution in [-0.2, 0) is 16.6 Å². The highest BCUT2D eigenvalue weighted by Crippen LogP contribution is 2.26. The number of anilines is 1. The predicted octanol–water partition coefficient (Wildman–Crippen LogP) is 2.46. The molecule has 0 saturated heterocycles. The Morgan fingerprint density at radius 3 is 2.48 bits per heavy atom. The molecule has 0 bridgehead atoms. The van der Waals surface area contributed by atoms with Gasteiger partial charge in [0.25, 0.3) is 10.0 Å². The molecule has 3 N–H and O–H groups in total. The van der Waals surface area contributed by atoms with E-state index in [1.54, 1.807) is 18.2 Å². The van der Waals surface area contributed by atoms with E-state index in [0.717, 1.165) is 5.56 Å². The van der Waals surface area contributed by atoms with Gasteiger partial charge in [-0.1, -0.05) is 32.0 Å². The number of pyridine rings is 1. The lowest BCUT2D eigenvalue weighted by Gasteiger charge is -2.14. The summed E-state index contributed by atoms with van der Waals surface area (Å²) in [4.78, 5) is 4.14. The molecular formula is C15H19N3O2S. The summed E-state index contributed by atoms with van der Waals surface area (Å²) < 4.78 is 27.4. The molecular weight excluding hydrogens is 286 g/mol. The van der Waals surface area contributed by atoms with E-state index in [4.69, 9.17) is 5.73 Å². The first kappa shape index (κ1) is 15.5. The highest BCUT2D eigenvalue weighted by molar-refractivity contribution is 7.92. The number of nitrogens with one attached hydrogen (secondary N) is 1. The third-order valence-corrected chi connectivity index (χ3v) is 4.49. The second-order valence-corrected chi connectivity index (χ2v) is 6.72. The van der Waals surface area contributed by atoms with E-state index in [0.29, 0.717) is 11.4 Å². The maximum absolute atomic E-state index is 12.4. The Morgan fingerprint density at radius 2 is 1.90 bits per heavy atom. The van der Waals surface area contributed by atoms with E-state index < -0.39 is 10.0 Å². The normalized spacial score (nSPS) is 11.6. The van der Waals surface area contributed by atoms with Crippen molar-refractivity contribution in [1.82, 2.24) is 4.98 Å². The van der Waals surface area contributed by atoms with Crippen LogP contribution in [0.15, 0.2) is 47.5 Å². The number of nitrogens with zero attached hydrogens (tertiary/aromatic N) is 1. The number of benzene rings is 1. The minimum atomic E-state index is -3.65. The van der Waals surface area contributed by atoms with Gasteiger partial charge in [-0.15, -0.1) is 0 Å². The molecule has 21 heavy (non-hydrogen) atoms. The van der Waals surface area contributed by atoms with Gasteiger partial charge in [0.1, 0.15) is 4.90 Å². The minimum Gasteiger partial charge on any atom is -0.325 e. The fourth-order valence-electron chi connectivity index (χ4n) is 1.99. The topological polar surface area (TPSA) is 85.1 Å². The SMILES string of the molecule is CC(C)c1ccccc1NS(=O)(=O)c1ccc(CN)nc1. The average Bonchev–Trinajstić information content (AvgIpc) is 2.47. The van der Waals surface area contributed by atoms with Crippen LogP contribution in [-0.4, -0.2) is 13.4 Å². The van der Waals surface area contributed by atoms with Gasteiger partial charge in [0.05, 0.1) is 11.4 Å². The Labute approximate surface area is 125 Å². The molecule has 6 heteroatoms. The van der Waals surface area contributed by atoms with E-state index in [9.17, 15) is 8.42 Å². The molecule has 0 aliphatic rings. The first-order valence-electron chi connectivity index (χ1n) is 6.71. The summed E-state index contributed by atoms with van der Waals surface area (Å²) in [5.74, 6) is 0.224. The number of hydrogen-bond acceptors (Lipinski definition) is 4. The predicted molar refractivity (Wildman–Crippen MR) is 83.5 cm³/mol. The smallest absolute Gasteiger partial charge is 0.263 e. The highest BCUT2D eigenvalue weighted by Gasteiger charge is 2.17. The maximum atomic E-state index is 12.4. The van der Waals surface area contributed by atoms with Gasteiger partial charge < -0.3 is 5.73 Å². The van der Waals surface area contributed by atoms with Crippen molar-refractivity contribution in [3.8, 4) is 0 Å². The van der Waals surface area contributed by atoms with Gasteiger partial charge in [0.2, 0.25) is 0 Å². The first-order chi connectivity index (χ1) is 9.94. The van der Waals surface area contributed by atoms with Crippen molar-refractivity contribution in [1.29, 1.82) is 0 Å². The number of sulfonamides is 1. The van der Waals surface area contributed by atoms with Gasteiger partial charge in [0, 0.05) is 12.7 Å². The van der Waals surface area contributed by atoms with Gasteiger partial charge in [-0.05, 0) is 29.7 Å². The van der Waals surface area contributed by atoms with Crippen LogP contribution in [0.2, 0.25) is 0 Å². The van der Waals surface area contributed by atoms with Crippen molar-refractivity contribution >= 4 is 15.7 Å². The molecule has 1 aromatic carbocycles. The molecule has 1 aromatic heterocycles. The zero-order chi connectivity index (χ0) is 15.5. The Morgan fingerprint density at radius 1 is 1.19 bits per heavy atom. The largest absolute Gasteiger partial charge is 0.325 e. The lowest BCUT2D eigenvalue weighted by molar-refractivity contribution is 0.600. The molecule has 0 amide bonds. The summed E-state index contributed by atoms with van der Waals surface area (Å²) in [7, 11) is -3.65. The Hall–Kier alpha value is -1.92. The number of aromatic nitrogens is 1. The number of para-hydroxylation sites is 1. The van der Waals surface area contributed by atoms with Gasteiger partial charge in [-0.2, -0.15) is 0 Å². The lowest BCUT2D eigenvalue weighted by atomic mass is 10.0. The molecule has 2 aromatic rings. The van der Waals surface area contributed by atoms with Crippen LogP contribution in [0.4, 0.5) is 5.69 Å². The van der Waals surface area contributed by atoms with Crippen LogP contribution in [0.3, 0.4) is 0 Å². The molecule has 0 aliphatic heterocycles. The molecule has 0 radical (unpaired) electrons. The number of hydrogen-bond donors (Lipinski definition) is 2. The van der Waals surface area contributed by atoms with Crippen LogP contribution in [0.5, 0.6) is 0 Å². The van der Waals surface area contributed by atoms with Crippen LogP contribution in [0, 0.1) is 0 Å². The molecule has 0 unspecified atom stereocenters. The minimum absolute atomic E-state index is 0.123. The Kier molecular flexibility index (Phi) is 4.59. The Bertz CT molecular complexity index is 710. The second kappa shape index (κ2) is 6.24. The molecule has 0 spiro atoms. The lowest BCUT2D eigenvalue weighted by Crippen LogP contribution is -2.15. The average molecular weight is 305 g/mol. The van der Waals surface area contributed by atoms with E-state index in [-0.39, 0.29) is 17.4 Å². The van der Waals surface area contributed by atoms with Crippen LogP contribution in [0.25, 0.3) is 0 Å². The van der Waals surface area contributed by atoms with Gasteiger partial charge in [-0.3, -0.25) is 9.71 Å². The van der Waals surface area contributed by atoms with Crippen LogP contribution in [0.1, 0.15) is 31.0 Å². The fraction of sp³-hybridized carbons (Fsp3) is 0.267. The summed E-state index contributed by atoms with van der Waals surface area (Å²) in [6.07, 6.45) is 1.32. The van der Waals surface area contributed by atoms with Crippen molar-refractivity contribution in [3.63, 3.8) is 0 Å². The molecule has 5 nitrogen and oxygen atoms in total. The van der Waals surface area contributed by atoms with Crippen molar-refractivity contribution in [2.45, 2.75) is 31.2 Å². The first-order valence-corrected chi connectivity index (χ1v) is 8.19. The molecule has 0 fully saturated rings. The molecule has 1 heterocycles. The maximum Gasteiger partial charge on any atom is 0.263 e. The third-order valence-electron chi connectivity index (χ3n) is 3.14. The standard InChI is InChI=1S/C15H19N3O2S/c1-11(2)14-5-3-4-6-15(14)18-21(19,20)13-8-7-12(9-16)17-10-13/h3-8,10-11,18H,9,16H2,1-2H3. The van der Waals surface area contributed by atoms with Crippen molar-refractivity contribution in [3.05, 3.63) is 53.9 Å². The highest BCUT2D eigenvalue weighted by atomic mass is 32.2. The van der Waals surface area contributed by atoms with Gasteiger partial charge in [-0.25, -0.2) is 8.42 Å². The summed E-state index contributed by atoms with van der Waals surface area (Å²) in [5.41, 5.74) is 7.65. The zero-order valence-electron chi connectivity index (χ0n) is 12.1. The molecule has 0 saturated carbocycles. The summed E-state index contributed by atoms with van der Waals surface area (Å²) >= 11 is 0. The van der Waals surface area contributed by atoms with E-state index in [1.165, 1.54) is 12.3 Å². The third kappa shape index (κ3) is 3.59. The van der Waals surface area contributed by atoms with Gasteiger partial charge >= 0.3 is 0 Å². The fourth-order valence-corrected chi connectivity index (χ4v) is 3.02. The van der Waals surface area contributed by atoms with Crippen molar-refractivity contribution < 1.29 is 8.42 Å². The quantitative estimate of drug-likeness (QED) is 0.888. The molecule has 0 aliphatic carbocycles. The van der Waals surface area contributed by atoms with Crippen molar-refractivity contribution in [2.24, 2.45) is 5.73 Å². The zero-order valence-corrected chi connectivity index (χ0v) is 12.9. The van der Waals surface area contributed by atoms with Crippen LogP contribution >= 0.6 is 0 Å². The second-order valence-electron chi connectivity index (χ2n) is 5.04. The summed E-state index contributed by atoms with van der Waals surface area (Å²) in [6.45, 7) is 4.32. The number of rotatable bonds is 5. The molecule has 112 valence electrons. The van der Waals surface area contributed by atoms with E-state index >= 15 is 0 Å². The van der Waals surface area contributed by atoms with E-state index in [2.05, 4.69) is 9.71 Å². The van der Waals surface area contributed by atoms with Gasteiger partial charge in [0.15, 0.2) is 0 Å². The van der Waals surface area contributed by atoms with Crippen LogP contribution < -0.4 is 10.5 Å².